The zero-order chi connectivity index (χ0) is 11.4. The van der Waals surface area contributed by atoms with Gasteiger partial charge in [0, 0.05) is 6.42 Å². The predicted octanol–water partition coefficient (Wildman–Crippen LogP) is 3.46. The predicted molar refractivity (Wildman–Crippen MR) is 64.5 cm³/mol. The maximum absolute atomic E-state index is 10.5. The van der Waals surface area contributed by atoms with E-state index < -0.39 is 0 Å². The van der Waals surface area contributed by atoms with Crippen LogP contribution in [0.15, 0.2) is 16.6 Å². The van der Waals surface area contributed by atoms with Gasteiger partial charge in [-0.1, -0.05) is 19.1 Å². The first-order valence-electron chi connectivity index (χ1n) is 4.88. The maximum atomic E-state index is 10.5. The number of halogens is 1. The fourth-order valence-corrected chi connectivity index (χ4v) is 2.57. The number of hydrogen-bond donors (Lipinski definition) is 0. The standard InChI is InChI=1S/C12H15BrO2/c1-8(6-7-14)10-5-4-9(2)12(15-3)11(10)13/h4-5,7-8H,6H2,1-3H3. The quantitative estimate of drug-likeness (QED) is 0.784. The molecule has 0 N–H and O–H groups in total. The Morgan fingerprint density at radius 1 is 1.53 bits per heavy atom. The van der Waals surface area contributed by atoms with Crippen molar-refractivity contribution in [3.63, 3.8) is 0 Å². The lowest BCUT2D eigenvalue weighted by Crippen LogP contribution is -1.99. The summed E-state index contributed by atoms with van der Waals surface area (Å²) in [7, 11) is 1.65. The van der Waals surface area contributed by atoms with Crippen LogP contribution >= 0.6 is 15.9 Å². The van der Waals surface area contributed by atoms with E-state index in [2.05, 4.69) is 15.9 Å². The lowest BCUT2D eigenvalue weighted by molar-refractivity contribution is -0.108. The minimum atomic E-state index is 0.214. The number of rotatable bonds is 4. The second kappa shape index (κ2) is 5.31. The molecule has 0 aliphatic carbocycles. The molecular formula is C12H15BrO2. The Balaban J connectivity index is 3.14. The fraction of sp³-hybridized carbons (Fsp3) is 0.417. The Morgan fingerprint density at radius 3 is 2.73 bits per heavy atom. The lowest BCUT2D eigenvalue weighted by atomic mass is 9.97. The van der Waals surface area contributed by atoms with Crippen LogP contribution < -0.4 is 4.74 Å². The second-order valence-electron chi connectivity index (χ2n) is 3.62. The van der Waals surface area contributed by atoms with Crippen LogP contribution in [-0.4, -0.2) is 13.4 Å². The number of ether oxygens (including phenoxy) is 1. The highest BCUT2D eigenvalue weighted by Gasteiger charge is 2.14. The molecule has 15 heavy (non-hydrogen) atoms. The van der Waals surface area contributed by atoms with Gasteiger partial charge in [-0.2, -0.15) is 0 Å². The van der Waals surface area contributed by atoms with Crippen LogP contribution in [0.4, 0.5) is 0 Å². The summed E-state index contributed by atoms with van der Waals surface area (Å²) >= 11 is 3.52. The summed E-state index contributed by atoms with van der Waals surface area (Å²) in [5.41, 5.74) is 2.20. The third-order valence-corrected chi connectivity index (χ3v) is 3.33. The number of carbonyl (C=O) groups excluding carboxylic acids is 1. The Labute approximate surface area is 98.8 Å². The van der Waals surface area contributed by atoms with E-state index in [0.29, 0.717) is 6.42 Å². The van der Waals surface area contributed by atoms with Crippen molar-refractivity contribution in [2.75, 3.05) is 7.11 Å². The molecule has 1 atom stereocenters. The average Bonchev–Trinajstić information content (AvgIpc) is 2.18. The van der Waals surface area contributed by atoms with Crippen molar-refractivity contribution in [1.82, 2.24) is 0 Å². The summed E-state index contributed by atoms with van der Waals surface area (Å²) in [6.07, 6.45) is 1.48. The second-order valence-corrected chi connectivity index (χ2v) is 4.42. The molecule has 0 bridgehead atoms. The van der Waals surface area contributed by atoms with Gasteiger partial charge in [0.15, 0.2) is 0 Å². The molecule has 2 nitrogen and oxygen atoms in total. The summed E-state index contributed by atoms with van der Waals surface area (Å²) in [4.78, 5) is 10.5. The van der Waals surface area contributed by atoms with Gasteiger partial charge in [-0.25, -0.2) is 0 Å². The number of hydrogen-bond acceptors (Lipinski definition) is 2. The van der Waals surface area contributed by atoms with E-state index in [1.54, 1.807) is 7.11 Å². The van der Waals surface area contributed by atoms with E-state index in [1.807, 2.05) is 26.0 Å². The summed E-state index contributed by atoms with van der Waals surface area (Å²) in [6.45, 7) is 4.03. The monoisotopic (exact) mass is 270 g/mol. The molecule has 0 radical (unpaired) electrons. The first kappa shape index (κ1) is 12.2. The van der Waals surface area contributed by atoms with Crippen LogP contribution in [0.25, 0.3) is 0 Å². The van der Waals surface area contributed by atoms with Gasteiger partial charge in [-0.3, -0.25) is 0 Å². The van der Waals surface area contributed by atoms with Crippen molar-refractivity contribution in [2.24, 2.45) is 0 Å². The van der Waals surface area contributed by atoms with Gasteiger partial charge in [0.25, 0.3) is 0 Å². The van der Waals surface area contributed by atoms with Gasteiger partial charge in [0.1, 0.15) is 12.0 Å². The van der Waals surface area contributed by atoms with E-state index in [0.717, 1.165) is 27.6 Å². The van der Waals surface area contributed by atoms with Crippen molar-refractivity contribution in [1.29, 1.82) is 0 Å². The van der Waals surface area contributed by atoms with Crippen LogP contribution in [-0.2, 0) is 4.79 Å². The summed E-state index contributed by atoms with van der Waals surface area (Å²) in [5.74, 6) is 1.07. The molecule has 82 valence electrons. The Bertz CT molecular complexity index is 361. The van der Waals surface area contributed by atoms with Gasteiger partial charge < -0.3 is 9.53 Å². The molecule has 0 heterocycles. The van der Waals surface area contributed by atoms with Crippen LogP contribution in [0, 0.1) is 6.92 Å². The molecule has 3 heteroatoms. The van der Waals surface area contributed by atoms with Gasteiger partial charge in [0.2, 0.25) is 0 Å². The largest absolute Gasteiger partial charge is 0.495 e. The minimum Gasteiger partial charge on any atom is -0.495 e. The van der Waals surface area contributed by atoms with Crippen LogP contribution in [0.2, 0.25) is 0 Å². The molecule has 1 aromatic rings. The molecule has 1 rings (SSSR count). The van der Waals surface area contributed by atoms with E-state index in [1.165, 1.54) is 0 Å². The number of methoxy groups -OCH3 is 1. The normalized spacial score (nSPS) is 12.3. The van der Waals surface area contributed by atoms with Crippen LogP contribution in [0.5, 0.6) is 5.75 Å². The molecule has 1 unspecified atom stereocenters. The first-order valence-corrected chi connectivity index (χ1v) is 5.67. The van der Waals surface area contributed by atoms with Crippen molar-refractivity contribution < 1.29 is 9.53 Å². The lowest BCUT2D eigenvalue weighted by Gasteiger charge is -2.15. The third kappa shape index (κ3) is 2.59. The number of benzene rings is 1. The van der Waals surface area contributed by atoms with E-state index in [4.69, 9.17) is 4.74 Å². The average molecular weight is 271 g/mol. The minimum absolute atomic E-state index is 0.214. The first-order chi connectivity index (χ1) is 7.11. The Hall–Kier alpha value is -0.830. The van der Waals surface area contributed by atoms with Gasteiger partial charge >= 0.3 is 0 Å². The van der Waals surface area contributed by atoms with E-state index in [-0.39, 0.29) is 5.92 Å². The van der Waals surface area contributed by atoms with Gasteiger partial charge in [0.05, 0.1) is 11.6 Å². The van der Waals surface area contributed by atoms with Crippen molar-refractivity contribution in [2.45, 2.75) is 26.2 Å². The zero-order valence-electron chi connectivity index (χ0n) is 9.21. The van der Waals surface area contributed by atoms with Crippen molar-refractivity contribution in [3.8, 4) is 5.75 Å². The molecule has 0 aromatic heterocycles. The Kier molecular flexibility index (Phi) is 4.33. The highest BCUT2D eigenvalue weighted by molar-refractivity contribution is 9.10. The third-order valence-electron chi connectivity index (χ3n) is 2.51. The van der Waals surface area contributed by atoms with Crippen molar-refractivity contribution in [3.05, 3.63) is 27.7 Å². The Morgan fingerprint density at radius 2 is 2.20 bits per heavy atom. The molecular weight excluding hydrogens is 256 g/mol. The maximum Gasteiger partial charge on any atom is 0.136 e. The highest BCUT2D eigenvalue weighted by atomic mass is 79.9. The van der Waals surface area contributed by atoms with Crippen molar-refractivity contribution >= 4 is 22.2 Å². The van der Waals surface area contributed by atoms with Gasteiger partial charge in [-0.15, -0.1) is 0 Å². The molecule has 0 aliphatic rings. The number of aryl methyl sites for hydroxylation is 1. The molecule has 0 saturated heterocycles. The SMILES string of the molecule is COc1c(C)ccc(C(C)CC=O)c1Br. The molecule has 0 spiro atoms. The molecule has 0 fully saturated rings. The molecule has 0 amide bonds. The van der Waals surface area contributed by atoms with E-state index in [9.17, 15) is 4.79 Å². The summed E-state index contributed by atoms with van der Waals surface area (Å²) in [6, 6.07) is 4.05. The molecule has 0 aliphatic heterocycles. The smallest absolute Gasteiger partial charge is 0.136 e. The topological polar surface area (TPSA) is 26.3 Å². The fourth-order valence-electron chi connectivity index (χ4n) is 1.57. The highest BCUT2D eigenvalue weighted by Crippen LogP contribution is 2.36. The van der Waals surface area contributed by atoms with Gasteiger partial charge in [-0.05, 0) is 39.9 Å². The summed E-state index contributed by atoms with van der Waals surface area (Å²) < 4.78 is 6.27. The van der Waals surface area contributed by atoms with Crippen LogP contribution in [0.3, 0.4) is 0 Å². The summed E-state index contributed by atoms with van der Waals surface area (Å²) in [5, 5.41) is 0. The number of carbonyl (C=O) groups is 1. The molecule has 0 saturated carbocycles. The van der Waals surface area contributed by atoms with E-state index >= 15 is 0 Å². The van der Waals surface area contributed by atoms with Crippen LogP contribution in [0.1, 0.15) is 30.4 Å². The zero-order valence-corrected chi connectivity index (χ0v) is 10.8. The number of aldehydes is 1. The molecule has 1 aromatic carbocycles.